The van der Waals surface area contributed by atoms with Crippen molar-refractivity contribution >= 4 is 0 Å². The van der Waals surface area contributed by atoms with Gasteiger partial charge in [0.05, 0.1) is 5.60 Å². The van der Waals surface area contributed by atoms with Gasteiger partial charge in [0.1, 0.15) is 0 Å². The third-order valence-electron chi connectivity index (χ3n) is 3.78. The van der Waals surface area contributed by atoms with Crippen LogP contribution < -0.4 is 0 Å². The Hall–Kier alpha value is -0.860. The summed E-state index contributed by atoms with van der Waals surface area (Å²) in [7, 11) is 3.97. The topological polar surface area (TPSA) is 23.5 Å². The fourth-order valence-corrected chi connectivity index (χ4v) is 2.68. The molecule has 1 aromatic rings. The first-order chi connectivity index (χ1) is 7.46. The van der Waals surface area contributed by atoms with Crippen molar-refractivity contribution in [1.29, 1.82) is 0 Å². The van der Waals surface area contributed by atoms with Gasteiger partial charge >= 0.3 is 0 Å². The molecule has 0 amide bonds. The maximum atomic E-state index is 10.9. The van der Waals surface area contributed by atoms with Gasteiger partial charge in [0, 0.05) is 5.41 Å². The van der Waals surface area contributed by atoms with Crippen molar-refractivity contribution in [1.82, 2.24) is 4.90 Å². The minimum atomic E-state index is -0.734. The zero-order chi connectivity index (χ0) is 11.8. The van der Waals surface area contributed by atoms with E-state index in [1.54, 1.807) is 0 Å². The minimum Gasteiger partial charge on any atom is -0.459 e. The van der Waals surface area contributed by atoms with E-state index in [9.17, 15) is 5.11 Å². The second kappa shape index (κ2) is 3.86. The molecule has 0 aliphatic carbocycles. The molecule has 0 bridgehead atoms. The van der Waals surface area contributed by atoms with Crippen LogP contribution in [0.5, 0.6) is 0 Å². The number of piperidine rings is 1. The lowest BCUT2D eigenvalue weighted by atomic mass is 9.66. The number of likely N-dealkylation sites (tertiary alicyclic amines) is 1. The van der Waals surface area contributed by atoms with Crippen LogP contribution in [0.3, 0.4) is 0 Å². The largest absolute Gasteiger partial charge is 0.459 e. The summed E-state index contributed by atoms with van der Waals surface area (Å²) in [6.45, 7) is 5.88. The number of rotatable bonds is 1. The van der Waals surface area contributed by atoms with Crippen molar-refractivity contribution in [3.8, 4) is 0 Å². The predicted molar refractivity (Wildman–Crippen MR) is 65.7 cm³/mol. The van der Waals surface area contributed by atoms with Crippen molar-refractivity contribution < 1.29 is 5.11 Å². The van der Waals surface area contributed by atoms with Crippen molar-refractivity contribution in [3.05, 3.63) is 42.9 Å². The maximum Gasteiger partial charge on any atom is 0.0969 e. The van der Waals surface area contributed by atoms with Crippen LogP contribution in [-0.4, -0.2) is 23.1 Å². The number of benzene rings is 1. The SMILES string of the molecule is [CH2-]N1CC[C@@](O)(c2ccccc2)C(C)(C)C1. The van der Waals surface area contributed by atoms with Crippen LogP contribution in [0.15, 0.2) is 30.3 Å². The highest BCUT2D eigenvalue weighted by Crippen LogP contribution is 2.45. The normalized spacial score (nSPS) is 30.2. The first kappa shape index (κ1) is 11.6. The average molecular weight is 218 g/mol. The first-order valence-corrected chi connectivity index (χ1v) is 5.79. The van der Waals surface area contributed by atoms with Gasteiger partial charge in [0.25, 0.3) is 0 Å². The second-order valence-electron chi connectivity index (χ2n) is 5.41. The highest BCUT2D eigenvalue weighted by molar-refractivity contribution is 5.26. The molecule has 2 nitrogen and oxygen atoms in total. The third kappa shape index (κ3) is 1.76. The molecule has 0 aromatic heterocycles. The van der Waals surface area contributed by atoms with Gasteiger partial charge in [-0.3, -0.25) is 7.05 Å². The van der Waals surface area contributed by atoms with Crippen molar-refractivity contribution in [3.63, 3.8) is 0 Å². The fourth-order valence-electron chi connectivity index (χ4n) is 2.68. The van der Waals surface area contributed by atoms with E-state index in [1.807, 2.05) is 35.2 Å². The zero-order valence-electron chi connectivity index (χ0n) is 10.1. The fraction of sp³-hybridized carbons (Fsp3) is 0.500. The molecule has 0 spiro atoms. The molecule has 16 heavy (non-hydrogen) atoms. The third-order valence-corrected chi connectivity index (χ3v) is 3.78. The maximum absolute atomic E-state index is 10.9. The van der Waals surface area contributed by atoms with Crippen molar-refractivity contribution in [2.75, 3.05) is 13.1 Å². The molecule has 0 unspecified atom stereocenters. The minimum absolute atomic E-state index is 0.172. The molecule has 88 valence electrons. The molecule has 1 heterocycles. The molecule has 1 atom stereocenters. The van der Waals surface area contributed by atoms with E-state index in [0.29, 0.717) is 0 Å². The van der Waals surface area contributed by atoms with Gasteiger partial charge in [-0.25, -0.2) is 0 Å². The van der Waals surface area contributed by atoms with Crippen LogP contribution in [0.4, 0.5) is 0 Å². The molecule has 1 aromatic carbocycles. The summed E-state index contributed by atoms with van der Waals surface area (Å²) in [5.41, 5.74) is 0.115. The van der Waals surface area contributed by atoms with Gasteiger partial charge in [-0.1, -0.05) is 44.2 Å². The van der Waals surface area contributed by atoms with Crippen molar-refractivity contribution in [2.24, 2.45) is 5.41 Å². The molecule has 2 rings (SSSR count). The Labute approximate surface area is 97.9 Å². The van der Waals surface area contributed by atoms with E-state index < -0.39 is 5.60 Å². The smallest absolute Gasteiger partial charge is 0.0969 e. The molecule has 1 aliphatic rings. The van der Waals surface area contributed by atoms with Crippen LogP contribution in [0.1, 0.15) is 25.8 Å². The summed E-state index contributed by atoms with van der Waals surface area (Å²) >= 11 is 0. The molecule has 0 saturated carbocycles. The monoisotopic (exact) mass is 218 g/mol. The quantitative estimate of drug-likeness (QED) is 0.732. The summed E-state index contributed by atoms with van der Waals surface area (Å²) in [5, 5.41) is 10.9. The van der Waals surface area contributed by atoms with Gasteiger partial charge in [-0.05, 0) is 25.1 Å². The van der Waals surface area contributed by atoms with E-state index in [2.05, 4.69) is 20.9 Å². The van der Waals surface area contributed by atoms with Crippen LogP contribution in [0.2, 0.25) is 0 Å². The summed E-state index contributed by atoms with van der Waals surface area (Å²) in [6.07, 6.45) is 0.744. The van der Waals surface area contributed by atoms with Crippen LogP contribution >= 0.6 is 0 Å². The zero-order valence-corrected chi connectivity index (χ0v) is 10.1. The van der Waals surface area contributed by atoms with Gasteiger partial charge in [0.15, 0.2) is 0 Å². The Morgan fingerprint density at radius 3 is 2.44 bits per heavy atom. The van der Waals surface area contributed by atoms with Crippen molar-refractivity contribution in [2.45, 2.75) is 25.9 Å². The van der Waals surface area contributed by atoms with Gasteiger partial charge in [-0.15, -0.1) is 0 Å². The molecular formula is C14H20NO-. The molecule has 1 N–H and O–H groups in total. The number of aliphatic hydroxyl groups is 1. The van der Waals surface area contributed by atoms with Crippen LogP contribution in [0.25, 0.3) is 0 Å². The van der Waals surface area contributed by atoms with E-state index >= 15 is 0 Å². The molecule has 0 radical (unpaired) electrons. The number of hydrogen-bond acceptors (Lipinski definition) is 2. The second-order valence-corrected chi connectivity index (χ2v) is 5.41. The lowest BCUT2D eigenvalue weighted by Crippen LogP contribution is -2.53. The Bertz CT molecular complexity index is 360. The summed E-state index contributed by atoms with van der Waals surface area (Å²) < 4.78 is 0. The Kier molecular flexibility index (Phi) is 2.81. The van der Waals surface area contributed by atoms with Crippen LogP contribution in [-0.2, 0) is 5.60 Å². The summed E-state index contributed by atoms with van der Waals surface area (Å²) in [5.74, 6) is 0. The van der Waals surface area contributed by atoms with Gasteiger partial charge < -0.3 is 10.0 Å². The summed E-state index contributed by atoms with van der Waals surface area (Å²) in [4.78, 5) is 2.04. The highest BCUT2D eigenvalue weighted by atomic mass is 16.3. The van der Waals surface area contributed by atoms with E-state index in [0.717, 1.165) is 25.1 Å². The highest BCUT2D eigenvalue weighted by Gasteiger charge is 2.46. The number of nitrogens with zero attached hydrogens (tertiary/aromatic N) is 1. The Balaban J connectivity index is 2.37. The first-order valence-electron chi connectivity index (χ1n) is 5.79. The van der Waals surface area contributed by atoms with Crippen LogP contribution in [0, 0.1) is 12.5 Å². The molecule has 1 fully saturated rings. The van der Waals surface area contributed by atoms with Gasteiger partial charge in [-0.2, -0.15) is 0 Å². The Morgan fingerprint density at radius 1 is 1.25 bits per heavy atom. The predicted octanol–water partition coefficient (Wildman–Crippen LogP) is 2.40. The molecule has 1 aliphatic heterocycles. The van der Waals surface area contributed by atoms with Gasteiger partial charge in [0.2, 0.25) is 0 Å². The Morgan fingerprint density at radius 2 is 1.88 bits per heavy atom. The average Bonchev–Trinajstić information content (AvgIpc) is 2.25. The molecule has 2 heteroatoms. The lowest BCUT2D eigenvalue weighted by molar-refractivity contribution is -0.117. The van der Waals surface area contributed by atoms with E-state index in [-0.39, 0.29) is 5.41 Å². The lowest BCUT2D eigenvalue weighted by Gasteiger charge is -2.52. The number of hydrogen-bond donors (Lipinski definition) is 1. The standard InChI is InChI=1S/C14H20NO/c1-13(2)11-15(3)10-9-14(13,16)12-7-5-4-6-8-12/h4-8,16H,3,9-11H2,1-2H3/q-1/t14-/m1/s1. The summed E-state index contributed by atoms with van der Waals surface area (Å²) in [6, 6.07) is 9.98. The molecular weight excluding hydrogens is 198 g/mol. The van der Waals surface area contributed by atoms with E-state index in [1.165, 1.54) is 0 Å². The van der Waals surface area contributed by atoms with E-state index in [4.69, 9.17) is 0 Å². The molecule has 1 saturated heterocycles.